The number of alkyl halides is 2. The monoisotopic (exact) mass is 304 g/mol. The molecule has 1 aromatic carbocycles. The Balaban J connectivity index is 3.03. The van der Waals surface area contributed by atoms with Gasteiger partial charge in [0.05, 0.1) is 25.7 Å². The molecule has 21 heavy (non-hydrogen) atoms. The summed E-state index contributed by atoms with van der Waals surface area (Å²) in [5.41, 5.74) is 0.345. The van der Waals surface area contributed by atoms with Crippen LogP contribution in [0.15, 0.2) is 18.2 Å². The third-order valence-corrected chi connectivity index (χ3v) is 2.87. The van der Waals surface area contributed by atoms with Gasteiger partial charge >= 0.3 is 12.6 Å². The van der Waals surface area contributed by atoms with E-state index in [-0.39, 0.29) is 18.1 Å². The molecule has 0 aliphatic heterocycles. The van der Waals surface area contributed by atoms with Crippen LogP contribution in [-0.4, -0.2) is 31.4 Å². The maximum absolute atomic E-state index is 12.3. The smallest absolute Gasteiger partial charge is 0.387 e. The SMILES string of the molecule is CCOc1cc(C(O)C(C)C(=O)OC)ccc1OC(F)F. The highest BCUT2D eigenvalue weighted by molar-refractivity contribution is 5.72. The third kappa shape index (κ3) is 4.56. The van der Waals surface area contributed by atoms with Crippen LogP contribution >= 0.6 is 0 Å². The Labute approximate surface area is 121 Å². The number of methoxy groups -OCH3 is 1. The van der Waals surface area contributed by atoms with Crippen molar-refractivity contribution in [2.75, 3.05) is 13.7 Å². The van der Waals surface area contributed by atoms with Crippen molar-refractivity contribution < 1.29 is 32.9 Å². The molecule has 7 heteroatoms. The van der Waals surface area contributed by atoms with Crippen molar-refractivity contribution in [3.8, 4) is 11.5 Å². The zero-order valence-corrected chi connectivity index (χ0v) is 12.0. The lowest BCUT2D eigenvalue weighted by Gasteiger charge is -2.19. The van der Waals surface area contributed by atoms with E-state index in [9.17, 15) is 18.7 Å². The molecule has 5 nitrogen and oxygen atoms in total. The molecule has 118 valence electrons. The predicted octanol–water partition coefficient (Wildman–Crippen LogP) is 2.53. The molecule has 0 saturated carbocycles. The highest BCUT2D eigenvalue weighted by atomic mass is 19.3. The van der Waals surface area contributed by atoms with E-state index in [1.165, 1.54) is 32.2 Å². The molecule has 2 atom stereocenters. The van der Waals surface area contributed by atoms with Crippen molar-refractivity contribution in [2.45, 2.75) is 26.6 Å². The summed E-state index contributed by atoms with van der Waals surface area (Å²) in [4.78, 5) is 11.4. The number of aliphatic hydroxyl groups is 1. The Kier molecular flexibility index (Phi) is 6.36. The average Bonchev–Trinajstić information content (AvgIpc) is 2.46. The van der Waals surface area contributed by atoms with E-state index in [1.54, 1.807) is 6.92 Å². The number of rotatable bonds is 7. The molecule has 1 N–H and O–H groups in total. The van der Waals surface area contributed by atoms with Gasteiger partial charge in [0.25, 0.3) is 0 Å². The molecule has 0 radical (unpaired) electrons. The van der Waals surface area contributed by atoms with Crippen LogP contribution < -0.4 is 9.47 Å². The van der Waals surface area contributed by atoms with Gasteiger partial charge in [-0.1, -0.05) is 6.07 Å². The number of halogens is 2. The highest BCUT2D eigenvalue weighted by Gasteiger charge is 2.25. The van der Waals surface area contributed by atoms with Gasteiger partial charge in [0.15, 0.2) is 11.5 Å². The van der Waals surface area contributed by atoms with Crippen LogP contribution in [0.5, 0.6) is 11.5 Å². The molecule has 0 bridgehead atoms. The first kappa shape index (κ1) is 17.2. The first-order chi connectivity index (χ1) is 9.90. The molecule has 0 spiro atoms. The quantitative estimate of drug-likeness (QED) is 0.784. The number of benzene rings is 1. The van der Waals surface area contributed by atoms with Gasteiger partial charge in [-0.2, -0.15) is 8.78 Å². The van der Waals surface area contributed by atoms with Gasteiger partial charge < -0.3 is 19.3 Å². The Morgan fingerprint density at radius 2 is 2.00 bits per heavy atom. The minimum absolute atomic E-state index is 0.0754. The topological polar surface area (TPSA) is 65.0 Å². The van der Waals surface area contributed by atoms with Gasteiger partial charge in [-0.25, -0.2) is 0 Å². The van der Waals surface area contributed by atoms with E-state index in [0.717, 1.165) is 0 Å². The maximum atomic E-state index is 12.3. The van der Waals surface area contributed by atoms with Gasteiger partial charge in [0.1, 0.15) is 0 Å². The lowest BCUT2D eigenvalue weighted by atomic mass is 9.97. The minimum atomic E-state index is -2.98. The molecule has 0 aliphatic carbocycles. The number of carbonyl (C=O) groups excluding carboxylic acids is 1. The van der Waals surface area contributed by atoms with Gasteiger partial charge in [-0.15, -0.1) is 0 Å². The molecule has 2 unspecified atom stereocenters. The molecular formula is C14H18F2O5. The summed E-state index contributed by atoms with van der Waals surface area (Å²) in [5.74, 6) is -1.43. The number of aliphatic hydroxyl groups excluding tert-OH is 1. The van der Waals surface area contributed by atoms with Crippen LogP contribution in [-0.2, 0) is 9.53 Å². The molecule has 1 rings (SSSR count). The zero-order valence-electron chi connectivity index (χ0n) is 12.0. The van der Waals surface area contributed by atoms with Gasteiger partial charge in [0, 0.05) is 0 Å². The van der Waals surface area contributed by atoms with Crippen molar-refractivity contribution in [1.29, 1.82) is 0 Å². The molecule has 0 amide bonds. The summed E-state index contributed by atoms with van der Waals surface area (Å²) in [6.45, 7) is 0.451. The first-order valence-corrected chi connectivity index (χ1v) is 6.38. The fourth-order valence-corrected chi connectivity index (χ4v) is 1.77. The van der Waals surface area contributed by atoms with Gasteiger partial charge in [0.2, 0.25) is 0 Å². The van der Waals surface area contributed by atoms with Crippen LogP contribution in [0.4, 0.5) is 8.78 Å². The molecule has 0 aromatic heterocycles. The summed E-state index contributed by atoms with van der Waals surface area (Å²) >= 11 is 0. The van der Waals surface area contributed by atoms with Crippen molar-refractivity contribution in [1.82, 2.24) is 0 Å². The summed E-state index contributed by atoms with van der Waals surface area (Å²) < 4.78 is 38.7. The maximum Gasteiger partial charge on any atom is 0.387 e. The number of hydrogen-bond donors (Lipinski definition) is 1. The Hall–Kier alpha value is -1.89. The number of esters is 1. The zero-order chi connectivity index (χ0) is 16.0. The van der Waals surface area contributed by atoms with E-state index in [1.807, 2.05) is 0 Å². The second-order valence-electron chi connectivity index (χ2n) is 4.27. The first-order valence-electron chi connectivity index (χ1n) is 6.38. The highest BCUT2D eigenvalue weighted by Crippen LogP contribution is 2.33. The molecule has 1 aromatic rings. The average molecular weight is 304 g/mol. The van der Waals surface area contributed by atoms with Crippen LogP contribution in [0.2, 0.25) is 0 Å². The second kappa shape index (κ2) is 7.78. The van der Waals surface area contributed by atoms with Crippen LogP contribution in [0.25, 0.3) is 0 Å². The fraction of sp³-hybridized carbons (Fsp3) is 0.500. The second-order valence-corrected chi connectivity index (χ2v) is 4.27. The van der Waals surface area contributed by atoms with E-state index >= 15 is 0 Å². The van der Waals surface area contributed by atoms with Crippen molar-refractivity contribution >= 4 is 5.97 Å². The lowest BCUT2D eigenvalue weighted by molar-refractivity contribution is -0.148. The number of hydrogen-bond acceptors (Lipinski definition) is 5. The van der Waals surface area contributed by atoms with Gasteiger partial charge in [-0.05, 0) is 31.5 Å². The van der Waals surface area contributed by atoms with Crippen molar-refractivity contribution in [3.63, 3.8) is 0 Å². The standard InChI is InChI=1S/C14H18F2O5/c1-4-20-11-7-9(5-6-10(11)21-14(15)16)12(17)8(2)13(18)19-3/h5-8,12,14,17H,4H2,1-3H3. The Morgan fingerprint density at radius 1 is 1.33 bits per heavy atom. The summed E-state index contributed by atoms with van der Waals surface area (Å²) in [5, 5.41) is 10.1. The van der Waals surface area contributed by atoms with E-state index < -0.39 is 24.6 Å². The Morgan fingerprint density at radius 3 is 2.52 bits per heavy atom. The molecule has 0 fully saturated rings. The Bertz CT molecular complexity index is 478. The van der Waals surface area contributed by atoms with Gasteiger partial charge in [-0.3, -0.25) is 4.79 Å². The van der Waals surface area contributed by atoms with Crippen LogP contribution in [0.1, 0.15) is 25.5 Å². The normalized spacial score (nSPS) is 13.7. The summed E-state index contributed by atoms with van der Waals surface area (Å²) in [6.07, 6.45) is -1.14. The number of ether oxygens (including phenoxy) is 3. The number of carbonyl (C=O) groups is 1. The van der Waals surface area contributed by atoms with E-state index in [0.29, 0.717) is 5.56 Å². The summed E-state index contributed by atoms with van der Waals surface area (Å²) in [7, 11) is 1.22. The molecular weight excluding hydrogens is 286 g/mol. The molecule has 0 saturated heterocycles. The minimum Gasteiger partial charge on any atom is -0.490 e. The lowest BCUT2D eigenvalue weighted by Crippen LogP contribution is -2.20. The van der Waals surface area contributed by atoms with E-state index in [2.05, 4.69) is 9.47 Å². The third-order valence-electron chi connectivity index (χ3n) is 2.87. The fourth-order valence-electron chi connectivity index (χ4n) is 1.77. The van der Waals surface area contributed by atoms with Crippen molar-refractivity contribution in [3.05, 3.63) is 23.8 Å². The van der Waals surface area contributed by atoms with Crippen molar-refractivity contribution in [2.24, 2.45) is 5.92 Å². The predicted molar refractivity (Wildman–Crippen MR) is 70.4 cm³/mol. The van der Waals surface area contributed by atoms with E-state index in [4.69, 9.17) is 4.74 Å². The largest absolute Gasteiger partial charge is 0.490 e. The molecule has 0 aliphatic rings. The summed E-state index contributed by atoms with van der Waals surface area (Å²) in [6, 6.07) is 4.02. The molecule has 0 heterocycles. The van der Waals surface area contributed by atoms with Crippen LogP contribution in [0.3, 0.4) is 0 Å². The van der Waals surface area contributed by atoms with Crippen LogP contribution in [0, 0.1) is 5.92 Å².